The molecule has 0 aliphatic heterocycles. The van der Waals surface area contributed by atoms with Crippen LogP contribution in [0.4, 0.5) is 5.69 Å². The van der Waals surface area contributed by atoms with E-state index in [1.807, 2.05) is 50.1 Å². The summed E-state index contributed by atoms with van der Waals surface area (Å²) < 4.78 is 24.5. The van der Waals surface area contributed by atoms with Crippen molar-refractivity contribution in [2.75, 3.05) is 18.9 Å². The fourth-order valence-corrected chi connectivity index (χ4v) is 4.64. The smallest absolute Gasteiger partial charge is 0.238 e. The van der Waals surface area contributed by atoms with Crippen LogP contribution >= 0.6 is 11.3 Å². The van der Waals surface area contributed by atoms with Crippen molar-refractivity contribution >= 4 is 43.2 Å². The van der Waals surface area contributed by atoms with Gasteiger partial charge in [0.25, 0.3) is 0 Å². The van der Waals surface area contributed by atoms with Gasteiger partial charge < -0.3 is 5.32 Å². The number of sulfonamides is 1. The Balaban J connectivity index is 1.74. The third kappa shape index (κ3) is 4.81. The Kier molecular flexibility index (Phi) is 6.04. The average Bonchev–Trinajstić information content (AvgIpc) is 3.07. The van der Waals surface area contributed by atoms with E-state index in [9.17, 15) is 13.2 Å². The van der Waals surface area contributed by atoms with Crippen LogP contribution in [0.2, 0.25) is 0 Å². The normalized spacial score (nSPS) is 13.0. The number of hydrogen-bond donors (Lipinski definition) is 2. The van der Waals surface area contributed by atoms with Crippen molar-refractivity contribution in [1.29, 1.82) is 0 Å². The Morgan fingerprint density at radius 2 is 1.97 bits per heavy atom. The number of nitrogens with two attached hydrogens (primary N) is 1. The van der Waals surface area contributed by atoms with Crippen LogP contribution in [-0.4, -0.2) is 37.8 Å². The lowest BCUT2D eigenvalue weighted by molar-refractivity contribution is -0.117. The molecule has 0 aliphatic rings. The molecule has 154 valence electrons. The molecule has 2 aromatic carbocycles. The number of anilines is 1. The number of aryl methyl sites for hydroxylation is 1. The van der Waals surface area contributed by atoms with Crippen LogP contribution in [0.5, 0.6) is 0 Å². The van der Waals surface area contributed by atoms with Crippen LogP contribution in [0.1, 0.15) is 29.1 Å². The van der Waals surface area contributed by atoms with Crippen LogP contribution in [0.3, 0.4) is 0 Å². The van der Waals surface area contributed by atoms with Crippen molar-refractivity contribution < 1.29 is 13.2 Å². The SMILES string of the molecule is Cc1cc(S(N)(=O)=O)cc(NC(=O)CN(C)C(C)c2nc3ccccc3s2)c1C. The zero-order valence-electron chi connectivity index (χ0n) is 16.8. The minimum atomic E-state index is -3.85. The lowest BCUT2D eigenvalue weighted by Crippen LogP contribution is -2.32. The van der Waals surface area contributed by atoms with Gasteiger partial charge in [-0.25, -0.2) is 18.5 Å². The van der Waals surface area contributed by atoms with E-state index < -0.39 is 10.0 Å². The molecule has 1 atom stereocenters. The van der Waals surface area contributed by atoms with E-state index in [4.69, 9.17) is 5.14 Å². The van der Waals surface area contributed by atoms with Crippen molar-refractivity contribution in [2.45, 2.75) is 31.7 Å². The molecule has 1 aromatic heterocycles. The predicted octanol–water partition coefficient (Wildman–Crippen LogP) is 3.19. The molecule has 0 saturated carbocycles. The molecule has 0 aliphatic carbocycles. The molecule has 1 unspecified atom stereocenters. The Labute approximate surface area is 174 Å². The van der Waals surface area contributed by atoms with Crippen molar-refractivity contribution in [1.82, 2.24) is 9.88 Å². The molecule has 0 radical (unpaired) electrons. The summed E-state index contributed by atoms with van der Waals surface area (Å²) in [6, 6.07) is 10.8. The van der Waals surface area contributed by atoms with Crippen molar-refractivity contribution in [3.05, 3.63) is 52.5 Å². The van der Waals surface area contributed by atoms with Gasteiger partial charge in [-0.2, -0.15) is 0 Å². The van der Waals surface area contributed by atoms with Gasteiger partial charge >= 0.3 is 0 Å². The summed E-state index contributed by atoms with van der Waals surface area (Å²) in [4.78, 5) is 19.1. The number of benzene rings is 2. The molecule has 3 aromatic rings. The number of primary sulfonamides is 1. The molecule has 9 heteroatoms. The molecular formula is C20H24N4O3S2. The van der Waals surface area contributed by atoms with Gasteiger partial charge in [-0.05, 0) is 63.2 Å². The topological polar surface area (TPSA) is 105 Å². The first-order chi connectivity index (χ1) is 13.6. The van der Waals surface area contributed by atoms with Gasteiger partial charge in [-0.15, -0.1) is 11.3 Å². The van der Waals surface area contributed by atoms with Gasteiger partial charge in [0.2, 0.25) is 15.9 Å². The zero-order chi connectivity index (χ0) is 21.3. The summed E-state index contributed by atoms with van der Waals surface area (Å²) >= 11 is 1.61. The van der Waals surface area contributed by atoms with Gasteiger partial charge in [0.15, 0.2) is 0 Å². The number of nitrogens with one attached hydrogen (secondary N) is 1. The molecule has 1 amide bonds. The highest BCUT2D eigenvalue weighted by Gasteiger charge is 2.20. The molecule has 1 heterocycles. The largest absolute Gasteiger partial charge is 0.325 e. The number of nitrogens with zero attached hydrogens (tertiary/aromatic N) is 2. The maximum Gasteiger partial charge on any atom is 0.238 e. The van der Waals surface area contributed by atoms with Crippen molar-refractivity contribution in [2.24, 2.45) is 5.14 Å². The van der Waals surface area contributed by atoms with Gasteiger partial charge in [-0.1, -0.05) is 12.1 Å². The van der Waals surface area contributed by atoms with Crippen LogP contribution in [-0.2, 0) is 14.8 Å². The number of thiazole rings is 1. The Bertz CT molecular complexity index is 1140. The summed E-state index contributed by atoms with van der Waals surface area (Å²) in [7, 11) is -2.00. The quantitative estimate of drug-likeness (QED) is 0.622. The monoisotopic (exact) mass is 432 g/mol. The maximum absolute atomic E-state index is 12.6. The van der Waals surface area contributed by atoms with E-state index in [0.29, 0.717) is 5.69 Å². The zero-order valence-corrected chi connectivity index (χ0v) is 18.4. The minimum absolute atomic E-state index is 0.0212. The molecule has 0 fully saturated rings. The number of hydrogen-bond acceptors (Lipinski definition) is 6. The lowest BCUT2D eigenvalue weighted by atomic mass is 10.1. The molecular weight excluding hydrogens is 408 g/mol. The highest BCUT2D eigenvalue weighted by Crippen LogP contribution is 2.29. The highest BCUT2D eigenvalue weighted by atomic mass is 32.2. The molecule has 0 saturated heterocycles. The molecule has 7 nitrogen and oxygen atoms in total. The third-order valence-electron chi connectivity index (χ3n) is 4.97. The summed E-state index contributed by atoms with van der Waals surface area (Å²) in [5, 5.41) is 8.98. The fraction of sp³-hybridized carbons (Fsp3) is 0.300. The number of aromatic nitrogens is 1. The van der Waals surface area contributed by atoms with Crippen LogP contribution in [0, 0.1) is 13.8 Å². The lowest BCUT2D eigenvalue weighted by Gasteiger charge is -2.22. The Morgan fingerprint density at radius 1 is 1.28 bits per heavy atom. The molecule has 29 heavy (non-hydrogen) atoms. The number of para-hydroxylation sites is 1. The van der Waals surface area contributed by atoms with E-state index in [1.165, 1.54) is 12.1 Å². The standard InChI is InChI=1S/C20H24N4O3S2/c1-12-9-15(29(21,26)27)10-17(13(12)2)22-19(25)11-24(4)14(3)20-23-16-7-5-6-8-18(16)28-20/h5-10,14H,11H2,1-4H3,(H,22,25)(H2,21,26,27). The first kappa shape index (κ1) is 21.4. The summed E-state index contributed by atoms with van der Waals surface area (Å²) in [5.41, 5.74) is 2.93. The summed E-state index contributed by atoms with van der Waals surface area (Å²) in [6.07, 6.45) is 0. The van der Waals surface area contributed by atoms with E-state index in [0.717, 1.165) is 26.4 Å². The maximum atomic E-state index is 12.6. The van der Waals surface area contributed by atoms with E-state index in [2.05, 4.69) is 10.3 Å². The predicted molar refractivity (Wildman–Crippen MR) is 117 cm³/mol. The van der Waals surface area contributed by atoms with Gasteiger partial charge in [0, 0.05) is 5.69 Å². The molecule has 3 rings (SSSR count). The molecule has 3 N–H and O–H groups in total. The molecule has 0 spiro atoms. The third-order valence-corrected chi connectivity index (χ3v) is 7.06. The first-order valence-electron chi connectivity index (χ1n) is 9.06. The van der Waals surface area contributed by atoms with Gasteiger partial charge in [-0.3, -0.25) is 9.69 Å². The second-order valence-corrected chi connectivity index (χ2v) is 9.74. The van der Waals surface area contributed by atoms with Crippen LogP contribution in [0.15, 0.2) is 41.3 Å². The van der Waals surface area contributed by atoms with Gasteiger partial charge in [0.1, 0.15) is 5.01 Å². The van der Waals surface area contributed by atoms with Crippen LogP contribution in [0.25, 0.3) is 10.2 Å². The second kappa shape index (κ2) is 8.19. The number of rotatable bonds is 6. The first-order valence-corrected chi connectivity index (χ1v) is 11.4. The fourth-order valence-electron chi connectivity index (χ4n) is 2.93. The number of likely N-dealkylation sites (N-methyl/N-ethyl adjacent to an activating group) is 1. The number of amides is 1. The second-order valence-electron chi connectivity index (χ2n) is 7.12. The summed E-state index contributed by atoms with van der Waals surface area (Å²) in [6.45, 7) is 5.74. The van der Waals surface area contributed by atoms with E-state index in [-0.39, 0.29) is 23.4 Å². The Hall–Kier alpha value is -2.33. The van der Waals surface area contributed by atoms with Gasteiger partial charge in [0.05, 0.1) is 27.7 Å². The molecule has 0 bridgehead atoms. The van der Waals surface area contributed by atoms with Crippen molar-refractivity contribution in [3.63, 3.8) is 0 Å². The van der Waals surface area contributed by atoms with Crippen molar-refractivity contribution in [3.8, 4) is 0 Å². The number of fused-ring (bicyclic) bond motifs is 1. The number of carbonyl (C=O) groups is 1. The minimum Gasteiger partial charge on any atom is -0.325 e. The van der Waals surface area contributed by atoms with Crippen LogP contribution < -0.4 is 10.5 Å². The summed E-state index contributed by atoms with van der Waals surface area (Å²) in [5.74, 6) is -0.241. The Morgan fingerprint density at radius 3 is 2.62 bits per heavy atom. The van der Waals surface area contributed by atoms with E-state index >= 15 is 0 Å². The average molecular weight is 433 g/mol. The van der Waals surface area contributed by atoms with E-state index in [1.54, 1.807) is 18.3 Å². The highest BCUT2D eigenvalue weighted by molar-refractivity contribution is 7.89. The number of carbonyl (C=O) groups excluding carboxylic acids is 1.